The number of para-hydroxylation sites is 1. The van der Waals surface area contributed by atoms with E-state index in [4.69, 9.17) is 0 Å². The van der Waals surface area contributed by atoms with Gasteiger partial charge < -0.3 is 4.90 Å². The Morgan fingerprint density at radius 3 is 2.75 bits per heavy atom. The van der Waals surface area contributed by atoms with Crippen molar-refractivity contribution < 1.29 is 4.79 Å². The van der Waals surface area contributed by atoms with E-state index in [0.717, 1.165) is 43.9 Å². The number of nitrogens with zero attached hydrogens (tertiary/aromatic N) is 2. The third kappa shape index (κ3) is 3.70. The van der Waals surface area contributed by atoms with Crippen LogP contribution in [-0.2, 0) is 4.79 Å². The summed E-state index contributed by atoms with van der Waals surface area (Å²) in [6.07, 6.45) is 6.09. The lowest BCUT2D eigenvalue weighted by Crippen LogP contribution is -2.36. The standard InChI is InChI=1S/C17H24N2O/c1-3-19(16-10-6-5-9-15(16)2)17(20)11-14-18-12-7-4-8-13-18/h4-7,9-10H,3,8,11-14H2,1-2H3. The number of benzene rings is 1. The van der Waals surface area contributed by atoms with Crippen molar-refractivity contribution in [3.63, 3.8) is 0 Å². The van der Waals surface area contributed by atoms with E-state index in [2.05, 4.69) is 30.0 Å². The van der Waals surface area contributed by atoms with Crippen LogP contribution in [0.1, 0.15) is 25.3 Å². The van der Waals surface area contributed by atoms with Gasteiger partial charge >= 0.3 is 0 Å². The molecule has 0 aromatic heterocycles. The number of amides is 1. The Balaban J connectivity index is 1.95. The van der Waals surface area contributed by atoms with Crippen LogP contribution in [0.25, 0.3) is 0 Å². The molecule has 0 atom stereocenters. The summed E-state index contributed by atoms with van der Waals surface area (Å²) in [7, 11) is 0. The van der Waals surface area contributed by atoms with Crippen molar-refractivity contribution in [2.75, 3.05) is 31.1 Å². The molecule has 20 heavy (non-hydrogen) atoms. The number of aryl methyl sites for hydroxylation is 1. The summed E-state index contributed by atoms with van der Waals surface area (Å²) in [6, 6.07) is 8.09. The van der Waals surface area contributed by atoms with Crippen molar-refractivity contribution in [2.45, 2.75) is 26.7 Å². The second-order valence-electron chi connectivity index (χ2n) is 5.24. The zero-order chi connectivity index (χ0) is 14.4. The second kappa shape index (κ2) is 7.25. The summed E-state index contributed by atoms with van der Waals surface area (Å²) >= 11 is 0. The quantitative estimate of drug-likeness (QED) is 0.769. The highest BCUT2D eigenvalue weighted by atomic mass is 16.2. The molecule has 1 aliphatic heterocycles. The summed E-state index contributed by atoms with van der Waals surface area (Å²) in [4.78, 5) is 16.7. The Kier molecular flexibility index (Phi) is 5.36. The van der Waals surface area contributed by atoms with E-state index in [0.29, 0.717) is 6.42 Å². The second-order valence-corrected chi connectivity index (χ2v) is 5.24. The molecule has 1 aromatic rings. The number of carbonyl (C=O) groups is 1. The Hall–Kier alpha value is -1.61. The van der Waals surface area contributed by atoms with Crippen molar-refractivity contribution in [1.82, 2.24) is 4.90 Å². The first-order valence-electron chi connectivity index (χ1n) is 7.45. The maximum absolute atomic E-state index is 12.5. The minimum absolute atomic E-state index is 0.219. The first-order chi connectivity index (χ1) is 9.72. The molecule has 1 aromatic carbocycles. The molecule has 2 rings (SSSR count). The average Bonchev–Trinajstić information content (AvgIpc) is 2.49. The molecule has 1 heterocycles. The molecule has 3 heteroatoms. The Morgan fingerprint density at radius 1 is 1.30 bits per heavy atom. The summed E-state index contributed by atoms with van der Waals surface area (Å²) < 4.78 is 0. The maximum atomic E-state index is 12.5. The van der Waals surface area contributed by atoms with Gasteiger partial charge in [0, 0.05) is 38.3 Å². The maximum Gasteiger partial charge on any atom is 0.228 e. The van der Waals surface area contributed by atoms with Crippen LogP contribution < -0.4 is 4.90 Å². The molecule has 0 fully saturated rings. The summed E-state index contributed by atoms with van der Waals surface area (Å²) in [5.41, 5.74) is 2.20. The van der Waals surface area contributed by atoms with Crippen molar-refractivity contribution >= 4 is 11.6 Å². The van der Waals surface area contributed by atoms with Gasteiger partial charge in [-0.15, -0.1) is 0 Å². The molecule has 0 aliphatic carbocycles. The fourth-order valence-electron chi connectivity index (χ4n) is 2.63. The van der Waals surface area contributed by atoms with Crippen LogP contribution in [0.5, 0.6) is 0 Å². The third-order valence-electron chi connectivity index (χ3n) is 3.81. The lowest BCUT2D eigenvalue weighted by molar-refractivity contribution is -0.118. The van der Waals surface area contributed by atoms with Gasteiger partial charge in [0.05, 0.1) is 0 Å². The minimum atomic E-state index is 0.219. The van der Waals surface area contributed by atoms with Gasteiger partial charge in [-0.2, -0.15) is 0 Å². The molecule has 0 N–H and O–H groups in total. The number of hydrogen-bond acceptors (Lipinski definition) is 2. The van der Waals surface area contributed by atoms with Crippen LogP contribution in [-0.4, -0.2) is 37.0 Å². The minimum Gasteiger partial charge on any atom is -0.312 e. The molecular weight excluding hydrogens is 248 g/mol. The molecule has 0 bridgehead atoms. The van der Waals surface area contributed by atoms with Gasteiger partial charge in [-0.05, 0) is 31.9 Å². The number of anilines is 1. The Morgan fingerprint density at radius 2 is 2.10 bits per heavy atom. The first kappa shape index (κ1) is 14.8. The molecule has 0 saturated carbocycles. The van der Waals surface area contributed by atoms with Crippen molar-refractivity contribution in [2.24, 2.45) is 0 Å². The van der Waals surface area contributed by atoms with E-state index in [1.165, 1.54) is 0 Å². The fourth-order valence-corrected chi connectivity index (χ4v) is 2.63. The molecule has 0 unspecified atom stereocenters. The SMILES string of the molecule is CCN(C(=O)CCN1CC=CCC1)c1ccccc1C. The zero-order valence-corrected chi connectivity index (χ0v) is 12.5. The fraction of sp³-hybridized carbons (Fsp3) is 0.471. The summed E-state index contributed by atoms with van der Waals surface area (Å²) in [5, 5.41) is 0. The van der Waals surface area contributed by atoms with Gasteiger partial charge in [0.15, 0.2) is 0 Å². The van der Waals surface area contributed by atoms with E-state index in [-0.39, 0.29) is 5.91 Å². The van der Waals surface area contributed by atoms with E-state index >= 15 is 0 Å². The Bertz CT molecular complexity index is 482. The highest BCUT2D eigenvalue weighted by Gasteiger charge is 2.16. The van der Waals surface area contributed by atoms with Crippen LogP contribution >= 0.6 is 0 Å². The highest BCUT2D eigenvalue weighted by molar-refractivity contribution is 5.94. The molecule has 1 amide bonds. The molecule has 3 nitrogen and oxygen atoms in total. The van der Waals surface area contributed by atoms with Gasteiger partial charge in [0.25, 0.3) is 0 Å². The van der Waals surface area contributed by atoms with Gasteiger partial charge in [-0.3, -0.25) is 9.69 Å². The van der Waals surface area contributed by atoms with Crippen LogP contribution in [0, 0.1) is 6.92 Å². The van der Waals surface area contributed by atoms with Gasteiger partial charge in [0.1, 0.15) is 0 Å². The first-order valence-corrected chi connectivity index (χ1v) is 7.45. The molecule has 1 aliphatic rings. The lowest BCUT2D eigenvalue weighted by Gasteiger charge is -2.26. The van der Waals surface area contributed by atoms with E-state index < -0.39 is 0 Å². The highest BCUT2D eigenvalue weighted by Crippen LogP contribution is 2.20. The molecule has 0 radical (unpaired) electrons. The molecule has 0 spiro atoms. The summed E-state index contributed by atoms with van der Waals surface area (Å²) in [6.45, 7) is 7.72. The van der Waals surface area contributed by atoms with E-state index in [9.17, 15) is 4.79 Å². The van der Waals surface area contributed by atoms with E-state index in [1.54, 1.807) is 0 Å². The predicted molar refractivity (Wildman–Crippen MR) is 84.0 cm³/mol. The van der Waals surface area contributed by atoms with Crippen LogP contribution in [0.3, 0.4) is 0 Å². The predicted octanol–water partition coefficient (Wildman–Crippen LogP) is 3.00. The number of rotatable bonds is 5. The van der Waals surface area contributed by atoms with Gasteiger partial charge in [0.2, 0.25) is 5.91 Å². The molecular formula is C17H24N2O. The zero-order valence-electron chi connectivity index (χ0n) is 12.5. The van der Waals surface area contributed by atoms with Crippen LogP contribution in [0.15, 0.2) is 36.4 Å². The van der Waals surface area contributed by atoms with Crippen molar-refractivity contribution in [3.8, 4) is 0 Å². The molecule has 0 saturated heterocycles. The number of hydrogen-bond donors (Lipinski definition) is 0. The normalized spacial score (nSPS) is 15.3. The number of carbonyl (C=O) groups excluding carboxylic acids is 1. The lowest BCUT2D eigenvalue weighted by atomic mass is 10.1. The monoisotopic (exact) mass is 272 g/mol. The van der Waals surface area contributed by atoms with Gasteiger partial charge in [-0.1, -0.05) is 30.4 Å². The molecule has 108 valence electrons. The van der Waals surface area contributed by atoms with Crippen LogP contribution in [0.2, 0.25) is 0 Å². The third-order valence-corrected chi connectivity index (χ3v) is 3.81. The largest absolute Gasteiger partial charge is 0.312 e. The summed E-state index contributed by atoms with van der Waals surface area (Å²) in [5.74, 6) is 0.219. The van der Waals surface area contributed by atoms with Crippen molar-refractivity contribution in [3.05, 3.63) is 42.0 Å². The van der Waals surface area contributed by atoms with Crippen molar-refractivity contribution in [1.29, 1.82) is 0 Å². The topological polar surface area (TPSA) is 23.6 Å². The smallest absolute Gasteiger partial charge is 0.228 e. The van der Waals surface area contributed by atoms with Gasteiger partial charge in [-0.25, -0.2) is 0 Å². The van der Waals surface area contributed by atoms with Crippen LogP contribution in [0.4, 0.5) is 5.69 Å². The van der Waals surface area contributed by atoms with E-state index in [1.807, 2.05) is 30.0 Å². The average molecular weight is 272 g/mol. The Labute approximate surface area is 121 Å².